The Hall–Kier alpha value is -2.48. The minimum atomic E-state index is -4.37. The van der Waals surface area contributed by atoms with Gasteiger partial charge >= 0.3 is 5.51 Å². The number of hydrogen-bond acceptors (Lipinski definition) is 3. The maximum atomic E-state index is 12.3. The third-order valence-corrected chi connectivity index (χ3v) is 4.01. The largest absolute Gasteiger partial charge is 0.446 e. The highest BCUT2D eigenvalue weighted by molar-refractivity contribution is 8.00. The van der Waals surface area contributed by atoms with Gasteiger partial charge in [0, 0.05) is 28.3 Å². The van der Waals surface area contributed by atoms with Crippen molar-refractivity contribution in [2.45, 2.75) is 23.7 Å². The molecule has 2 aromatic carbocycles. The molecule has 2 rings (SSSR count). The molecular formula is C18H17F3N2O2S. The van der Waals surface area contributed by atoms with Crippen molar-refractivity contribution in [3.63, 3.8) is 0 Å². The van der Waals surface area contributed by atoms with Gasteiger partial charge in [-0.3, -0.25) is 9.59 Å². The monoisotopic (exact) mass is 382 g/mol. The van der Waals surface area contributed by atoms with Gasteiger partial charge in [-0.15, -0.1) is 0 Å². The van der Waals surface area contributed by atoms with Crippen molar-refractivity contribution in [1.82, 2.24) is 5.32 Å². The van der Waals surface area contributed by atoms with Crippen LogP contribution in [0.3, 0.4) is 0 Å². The molecule has 2 aromatic rings. The Morgan fingerprint density at radius 1 is 1.00 bits per heavy atom. The summed E-state index contributed by atoms with van der Waals surface area (Å²) in [4.78, 5) is 24.2. The zero-order valence-electron chi connectivity index (χ0n) is 13.9. The molecule has 0 unspecified atom stereocenters. The van der Waals surface area contributed by atoms with Crippen molar-refractivity contribution >= 4 is 29.3 Å². The highest BCUT2D eigenvalue weighted by Gasteiger charge is 2.29. The number of thioether (sulfide) groups is 1. The molecule has 0 aliphatic carbocycles. The van der Waals surface area contributed by atoms with Crippen molar-refractivity contribution < 1.29 is 22.8 Å². The SMILES string of the molecule is CCCNC(=O)c1cccc(NC(=O)c2ccc(SC(F)(F)F)cc2)c1. The molecule has 0 radical (unpaired) electrons. The Labute approximate surface area is 153 Å². The molecule has 138 valence electrons. The van der Waals surface area contributed by atoms with Crippen LogP contribution in [0.4, 0.5) is 18.9 Å². The fourth-order valence-electron chi connectivity index (χ4n) is 2.09. The number of rotatable bonds is 6. The first kappa shape index (κ1) is 19.8. The fraction of sp³-hybridized carbons (Fsp3) is 0.222. The van der Waals surface area contributed by atoms with Crippen LogP contribution in [0.2, 0.25) is 0 Å². The zero-order chi connectivity index (χ0) is 19.2. The van der Waals surface area contributed by atoms with Gasteiger partial charge in [0.25, 0.3) is 11.8 Å². The third-order valence-electron chi connectivity index (χ3n) is 3.27. The van der Waals surface area contributed by atoms with Gasteiger partial charge in [-0.1, -0.05) is 13.0 Å². The average molecular weight is 382 g/mol. The van der Waals surface area contributed by atoms with Gasteiger partial charge in [0.05, 0.1) is 0 Å². The van der Waals surface area contributed by atoms with E-state index in [1.54, 1.807) is 18.2 Å². The zero-order valence-corrected chi connectivity index (χ0v) is 14.7. The standard InChI is InChI=1S/C18H17F3N2O2S/c1-2-10-22-16(24)13-4-3-5-14(11-13)23-17(25)12-6-8-15(9-7-12)26-18(19,20)21/h3-9,11H,2,10H2,1H3,(H,22,24)(H,23,25). The first-order valence-electron chi connectivity index (χ1n) is 7.84. The summed E-state index contributed by atoms with van der Waals surface area (Å²) in [6, 6.07) is 11.5. The maximum Gasteiger partial charge on any atom is 0.446 e. The molecule has 0 bridgehead atoms. The fourth-order valence-corrected chi connectivity index (χ4v) is 2.63. The van der Waals surface area contributed by atoms with Crippen LogP contribution in [0.5, 0.6) is 0 Å². The van der Waals surface area contributed by atoms with Crippen LogP contribution in [-0.2, 0) is 0 Å². The summed E-state index contributed by atoms with van der Waals surface area (Å²) in [7, 11) is 0. The molecule has 2 amide bonds. The van der Waals surface area contributed by atoms with Gasteiger partial charge < -0.3 is 10.6 Å². The molecule has 0 aromatic heterocycles. The van der Waals surface area contributed by atoms with E-state index in [1.807, 2.05) is 6.92 Å². The molecule has 0 atom stereocenters. The second kappa shape index (κ2) is 8.75. The minimum absolute atomic E-state index is 0.00337. The number of alkyl halides is 3. The minimum Gasteiger partial charge on any atom is -0.352 e. The van der Waals surface area contributed by atoms with Crippen LogP contribution < -0.4 is 10.6 Å². The van der Waals surface area contributed by atoms with Gasteiger partial charge in [0.15, 0.2) is 0 Å². The molecule has 0 saturated carbocycles. The van der Waals surface area contributed by atoms with E-state index in [2.05, 4.69) is 10.6 Å². The van der Waals surface area contributed by atoms with Crippen LogP contribution in [0.25, 0.3) is 0 Å². The molecule has 4 nitrogen and oxygen atoms in total. The molecule has 0 saturated heterocycles. The third kappa shape index (κ3) is 6.11. The first-order chi connectivity index (χ1) is 12.3. The summed E-state index contributed by atoms with van der Waals surface area (Å²) in [5.74, 6) is -0.712. The lowest BCUT2D eigenvalue weighted by molar-refractivity contribution is -0.0328. The molecule has 0 heterocycles. The van der Waals surface area contributed by atoms with E-state index < -0.39 is 11.4 Å². The number of halogens is 3. The summed E-state index contributed by atoms with van der Waals surface area (Å²) in [6.45, 7) is 2.49. The van der Waals surface area contributed by atoms with E-state index >= 15 is 0 Å². The number of carbonyl (C=O) groups excluding carboxylic acids is 2. The van der Waals surface area contributed by atoms with Crippen molar-refractivity contribution in [2.75, 3.05) is 11.9 Å². The van der Waals surface area contributed by atoms with Crippen LogP contribution in [0, 0.1) is 0 Å². The Balaban J connectivity index is 2.04. The van der Waals surface area contributed by atoms with Gasteiger partial charge in [-0.2, -0.15) is 13.2 Å². The highest BCUT2D eigenvalue weighted by Crippen LogP contribution is 2.36. The van der Waals surface area contributed by atoms with Gasteiger partial charge in [0.1, 0.15) is 0 Å². The Bertz CT molecular complexity index is 777. The summed E-state index contributed by atoms with van der Waals surface area (Å²) in [5, 5.41) is 5.37. The Kier molecular flexibility index (Phi) is 6.68. The summed E-state index contributed by atoms with van der Waals surface area (Å²) in [6.07, 6.45) is 0.810. The molecule has 0 fully saturated rings. The first-order valence-corrected chi connectivity index (χ1v) is 8.65. The second-order valence-electron chi connectivity index (χ2n) is 5.36. The number of anilines is 1. The lowest BCUT2D eigenvalue weighted by atomic mass is 10.1. The predicted molar refractivity (Wildman–Crippen MR) is 95.4 cm³/mol. The van der Waals surface area contributed by atoms with Crippen molar-refractivity contribution in [2.24, 2.45) is 0 Å². The number of amides is 2. The van der Waals surface area contributed by atoms with Crippen molar-refractivity contribution in [3.8, 4) is 0 Å². The molecular weight excluding hydrogens is 365 g/mol. The summed E-state index contributed by atoms with van der Waals surface area (Å²) < 4.78 is 37.0. The lowest BCUT2D eigenvalue weighted by Crippen LogP contribution is -2.24. The van der Waals surface area contributed by atoms with E-state index in [4.69, 9.17) is 0 Å². The summed E-state index contributed by atoms with van der Waals surface area (Å²) >= 11 is -0.239. The van der Waals surface area contributed by atoms with Gasteiger partial charge in [0.2, 0.25) is 0 Å². The molecule has 0 aliphatic rings. The molecule has 2 N–H and O–H groups in total. The number of carbonyl (C=O) groups is 2. The van der Waals surface area contributed by atoms with Crippen molar-refractivity contribution in [3.05, 3.63) is 59.7 Å². The van der Waals surface area contributed by atoms with Crippen LogP contribution in [0.1, 0.15) is 34.1 Å². The van der Waals surface area contributed by atoms with E-state index in [9.17, 15) is 22.8 Å². The Morgan fingerprint density at radius 3 is 2.31 bits per heavy atom. The van der Waals surface area contributed by atoms with E-state index in [1.165, 1.54) is 30.3 Å². The molecule has 0 spiro atoms. The molecule has 0 aliphatic heterocycles. The van der Waals surface area contributed by atoms with E-state index in [0.717, 1.165) is 6.42 Å². The van der Waals surface area contributed by atoms with Crippen LogP contribution >= 0.6 is 11.8 Å². The average Bonchev–Trinajstić information content (AvgIpc) is 2.59. The van der Waals surface area contributed by atoms with E-state index in [-0.39, 0.29) is 28.1 Å². The second-order valence-corrected chi connectivity index (χ2v) is 6.50. The quantitative estimate of drug-likeness (QED) is 0.713. The van der Waals surface area contributed by atoms with Crippen LogP contribution in [0.15, 0.2) is 53.4 Å². The van der Waals surface area contributed by atoms with Crippen LogP contribution in [-0.4, -0.2) is 23.9 Å². The number of nitrogens with one attached hydrogen (secondary N) is 2. The van der Waals surface area contributed by atoms with Crippen molar-refractivity contribution in [1.29, 1.82) is 0 Å². The lowest BCUT2D eigenvalue weighted by Gasteiger charge is -2.09. The molecule has 8 heteroatoms. The highest BCUT2D eigenvalue weighted by atomic mass is 32.2. The topological polar surface area (TPSA) is 58.2 Å². The maximum absolute atomic E-state index is 12.3. The normalized spacial score (nSPS) is 11.1. The smallest absolute Gasteiger partial charge is 0.352 e. The number of hydrogen-bond donors (Lipinski definition) is 2. The van der Waals surface area contributed by atoms with E-state index in [0.29, 0.717) is 17.8 Å². The van der Waals surface area contributed by atoms with Gasteiger partial charge in [-0.05, 0) is 60.6 Å². The van der Waals surface area contributed by atoms with Gasteiger partial charge in [-0.25, -0.2) is 0 Å². The summed E-state index contributed by atoms with van der Waals surface area (Å²) in [5.41, 5.74) is -3.32. The Morgan fingerprint density at radius 2 is 1.69 bits per heavy atom. The predicted octanol–water partition coefficient (Wildman–Crippen LogP) is 4.69. The molecule has 26 heavy (non-hydrogen) atoms. The number of benzene rings is 2.